The van der Waals surface area contributed by atoms with Crippen molar-refractivity contribution in [1.29, 1.82) is 0 Å². The molecule has 0 heterocycles. The average Bonchev–Trinajstić information content (AvgIpc) is 2.34. The van der Waals surface area contributed by atoms with Crippen LogP contribution in [0.5, 0.6) is 0 Å². The van der Waals surface area contributed by atoms with Gasteiger partial charge in [-0.15, -0.1) is 0 Å². The molecule has 2 nitrogen and oxygen atoms in total. The molecular weight excluding hydrogens is 296 g/mol. The van der Waals surface area contributed by atoms with Crippen LogP contribution in [0.15, 0.2) is 0 Å². The molecule has 0 aliphatic rings. The van der Waals surface area contributed by atoms with Gasteiger partial charge in [0, 0.05) is 0 Å². The Bertz CT molecular complexity index is 268. The molecule has 0 bridgehead atoms. The van der Waals surface area contributed by atoms with E-state index in [4.69, 9.17) is 8.23 Å². The molecule has 0 amide bonds. The predicted octanol–water partition coefficient (Wildman–Crippen LogP) is 5.98. The first kappa shape index (κ1) is 20.6. The molecule has 0 saturated carbocycles. The van der Waals surface area contributed by atoms with Crippen LogP contribution in [0.3, 0.4) is 0 Å². The van der Waals surface area contributed by atoms with Crippen molar-refractivity contribution in [3.63, 3.8) is 0 Å². The highest BCUT2D eigenvalue weighted by atomic mass is 28.5. The van der Waals surface area contributed by atoms with Gasteiger partial charge < -0.3 is 8.23 Å². The molecule has 0 aromatic rings. The highest BCUT2D eigenvalue weighted by Gasteiger charge is 2.41. The lowest BCUT2D eigenvalue weighted by molar-refractivity contribution is 0.378. The Labute approximate surface area is 131 Å². The Balaban J connectivity index is 4.79. The molecule has 0 N–H and O–H groups in total. The highest BCUT2D eigenvalue weighted by Crippen LogP contribution is 2.30. The van der Waals surface area contributed by atoms with Crippen molar-refractivity contribution in [1.82, 2.24) is 0 Å². The first-order valence-corrected chi connectivity index (χ1v) is 16.9. The Hall–Kier alpha value is 0.571. The molecule has 20 heavy (non-hydrogen) atoms. The van der Waals surface area contributed by atoms with E-state index in [0.29, 0.717) is 0 Å². The van der Waals surface area contributed by atoms with Crippen LogP contribution in [0.25, 0.3) is 0 Å². The van der Waals surface area contributed by atoms with E-state index in [1.807, 2.05) is 0 Å². The Morgan fingerprint density at radius 1 is 0.800 bits per heavy atom. The third kappa shape index (κ3) is 7.02. The summed E-state index contributed by atoms with van der Waals surface area (Å²) in [6.45, 7) is 20.8. The molecule has 0 spiro atoms. The minimum Gasteiger partial charge on any atom is -0.436 e. The summed E-state index contributed by atoms with van der Waals surface area (Å²) in [6.07, 6.45) is 1.25. The molecule has 122 valence electrons. The second-order valence-electron chi connectivity index (χ2n) is 7.32. The van der Waals surface area contributed by atoms with Gasteiger partial charge in [-0.25, -0.2) is 0 Å². The third-order valence-corrected chi connectivity index (χ3v) is 17.9. The predicted molar refractivity (Wildman–Crippen MR) is 98.6 cm³/mol. The summed E-state index contributed by atoms with van der Waals surface area (Å²) in [5, 5.41) is 0. The van der Waals surface area contributed by atoms with Gasteiger partial charge in [-0.1, -0.05) is 41.0 Å². The molecule has 1 atom stereocenters. The van der Waals surface area contributed by atoms with E-state index < -0.39 is 25.2 Å². The summed E-state index contributed by atoms with van der Waals surface area (Å²) in [5.74, 6) is 0.770. The zero-order valence-electron chi connectivity index (χ0n) is 15.4. The molecule has 0 aromatic carbocycles. The Kier molecular flexibility index (Phi) is 8.50. The summed E-state index contributed by atoms with van der Waals surface area (Å²) in [6, 6.07) is 4.90. The fourth-order valence-electron chi connectivity index (χ4n) is 3.20. The van der Waals surface area contributed by atoms with Gasteiger partial charge in [0.25, 0.3) is 0 Å². The van der Waals surface area contributed by atoms with Crippen molar-refractivity contribution in [2.24, 2.45) is 5.92 Å². The van der Waals surface area contributed by atoms with Gasteiger partial charge in [0.2, 0.25) is 0 Å². The van der Waals surface area contributed by atoms with Crippen molar-refractivity contribution in [3.05, 3.63) is 0 Å². The van der Waals surface area contributed by atoms with Crippen LogP contribution in [-0.2, 0) is 8.23 Å². The maximum Gasteiger partial charge on any atom is 0.311 e. The SMILES string of the molecule is CCC(C)C[Si](C)(C)O[Si](C)(C)O[Si](CC)(CC)CC. The van der Waals surface area contributed by atoms with Gasteiger partial charge in [0.05, 0.1) is 0 Å². The van der Waals surface area contributed by atoms with E-state index in [0.717, 1.165) is 5.92 Å². The fourth-order valence-corrected chi connectivity index (χ4v) is 18.8. The summed E-state index contributed by atoms with van der Waals surface area (Å²) < 4.78 is 13.4. The van der Waals surface area contributed by atoms with Crippen LogP contribution >= 0.6 is 0 Å². The lowest BCUT2D eigenvalue weighted by Crippen LogP contribution is -2.54. The topological polar surface area (TPSA) is 18.5 Å². The molecule has 0 aliphatic carbocycles. The summed E-state index contributed by atoms with van der Waals surface area (Å²) in [4.78, 5) is 0. The normalized spacial score (nSPS) is 15.4. The summed E-state index contributed by atoms with van der Waals surface area (Å²) >= 11 is 0. The van der Waals surface area contributed by atoms with E-state index in [2.05, 4.69) is 60.8 Å². The molecule has 0 aliphatic heterocycles. The zero-order valence-corrected chi connectivity index (χ0v) is 18.4. The maximum absolute atomic E-state index is 6.71. The maximum atomic E-state index is 6.71. The molecule has 0 saturated heterocycles. The molecule has 1 unspecified atom stereocenters. The Morgan fingerprint density at radius 3 is 1.60 bits per heavy atom. The smallest absolute Gasteiger partial charge is 0.311 e. The van der Waals surface area contributed by atoms with Crippen LogP contribution in [0, 0.1) is 5.92 Å². The van der Waals surface area contributed by atoms with Crippen molar-refractivity contribution >= 4 is 25.2 Å². The molecule has 0 rings (SSSR count). The van der Waals surface area contributed by atoms with Crippen LogP contribution < -0.4 is 0 Å². The summed E-state index contributed by atoms with van der Waals surface area (Å²) in [7, 11) is -5.14. The first-order chi connectivity index (χ1) is 9.05. The highest BCUT2D eigenvalue weighted by molar-refractivity contribution is 6.88. The molecule has 0 aromatic heterocycles. The monoisotopic (exact) mass is 334 g/mol. The fraction of sp³-hybridized carbons (Fsp3) is 1.00. The van der Waals surface area contributed by atoms with E-state index >= 15 is 0 Å². The van der Waals surface area contributed by atoms with Crippen LogP contribution in [-0.4, -0.2) is 25.2 Å². The van der Waals surface area contributed by atoms with Crippen molar-refractivity contribution < 1.29 is 8.23 Å². The van der Waals surface area contributed by atoms with E-state index in [1.54, 1.807) is 0 Å². The average molecular weight is 335 g/mol. The number of hydrogen-bond donors (Lipinski definition) is 0. The van der Waals surface area contributed by atoms with E-state index in [9.17, 15) is 0 Å². The first-order valence-electron chi connectivity index (χ1n) is 8.45. The van der Waals surface area contributed by atoms with Gasteiger partial charge in [0.1, 0.15) is 0 Å². The third-order valence-electron chi connectivity index (χ3n) is 4.45. The minimum absolute atomic E-state index is 0.770. The zero-order chi connectivity index (χ0) is 16.0. The number of hydrogen-bond acceptors (Lipinski definition) is 2. The van der Waals surface area contributed by atoms with Gasteiger partial charge >= 0.3 is 8.56 Å². The lowest BCUT2D eigenvalue weighted by atomic mass is 10.2. The molecule has 0 fully saturated rings. The standard InChI is InChI=1S/C15H38O2Si3/c1-10-15(5)14-18(6,7)16-19(8,9)17-20(11-2,12-3)13-4/h15H,10-14H2,1-9H3. The second kappa shape index (κ2) is 8.27. The minimum atomic E-state index is -1.99. The van der Waals surface area contributed by atoms with Crippen LogP contribution in [0.1, 0.15) is 41.0 Å². The Morgan fingerprint density at radius 2 is 1.25 bits per heavy atom. The van der Waals surface area contributed by atoms with Crippen LogP contribution in [0.2, 0.25) is 50.4 Å². The number of rotatable bonds is 10. The van der Waals surface area contributed by atoms with Gasteiger partial charge in [-0.05, 0) is 56.3 Å². The molecular formula is C15H38O2Si3. The van der Waals surface area contributed by atoms with E-state index in [-0.39, 0.29) is 0 Å². The second-order valence-corrected chi connectivity index (χ2v) is 20.2. The van der Waals surface area contributed by atoms with Crippen molar-refractivity contribution in [2.75, 3.05) is 0 Å². The van der Waals surface area contributed by atoms with Crippen molar-refractivity contribution in [3.8, 4) is 0 Å². The van der Waals surface area contributed by atoms with Gasteiger partial charge in [0.15, 0.2) is 16.6 Å². The molecule has 0 radical (unpaired) electrons. The summed E-state index contributed by atoms with van der Waals surface area (Å²) in [5.41, 5.74) is 0. The lowest BCUT2D eigenvalue weighted by Gasteiger charge is -2.41. The van der Waals surface area contributed by atoms with Crippen molar-refractivity contribution in [2.45, 2.75) is 91.4 Å². The van der Waals surface area contributed by atoms with E-state index in [1.165, 1.54) is 30.6 Å². The van der Waals surface area contributed by atoms with Crippen LogP contribution in [0.4, 0.5) is 0 Å². The van der Waals surface area contributed by atoms with Gasteiger partial charge in [-0.3, -0.25) is 0 Å². The quantitative estimate of drug-likeness (QED) is 0.458. The molecule has 5 heteroatoms. The largest absolute Gasteiger partial charge is 0.436 e. The van der Waals surface area contributed by atoms with Gasteiger partial charge in [-0.2, -0.15) is 0 Å².